The Labute approximate surface area is 143 Å². The molecule has 0 saturated carbocycles. The van der Waals surface area contributed by atoms with Crippen molar-refractivity contribution in [2.24, 2.45) is 17.8 Å². The van der Waals surface area contributed by atoms with E-state index in [0.29, 0.717) is 17.8 Å². The van der Waals surface area contributed by atoms with Crippen LogP contribution >= 0.6 is 0 Å². The third-order valence-electron chi connectivity index (χ3n) is 3.66. The second-order valence-corrected chi connectivity index (χ2v) is 13.5. The maximum absolute atomic E-state index is 12.8. The number of rotatable bonds is 9. The molecule has 0 N–H and O–H groups in total. The Hall–Kier alpha value is -0.653. The van der Waals surface area contributed by atoms with Gasteiger partial charge >= 0.3 is 0 Å². The monoisotopic (exact) mass is 356 g/mol. The lowest BCUT2D eigenvalue weighted by Crippen LogP contribution is -2.44. The molecule has 0 saturated heterocycles. The molecular weight excluding hydrogens is 324 g/mol. The van der Waals surface area contributed by atoms with Gasteiger partial charge in [0.05, 0.1) is 4.90 Å². The summed E-state index contributed by atoms with van der Waals surface area (Å²) in [5, 5.41) is 0. The van der Waals surface area contributed by atoms with Gasteiger partial charge in [-0.25, -0.2) is 0 Å². The predicted molar refractivity (Wildman–Crippen MR) is 99.4 cm³/mol. The van der Waals surface area contributed by atoms with Gasteiger partial charge in [0.25, 0.3) is 10.1 Å². The minimum Gasteiger partial charge on any atom is -0.311 e. The summed E-state index contributed by atoms with van der Waals surface area (Å²) >= 11 is 0. The smallest absolute Gasteiger partial charge is 0.287 e. The fourth-order valence-corrected chi connectivity index (χ4v) is 12.0. The van der Waals surface area contributed by atoms with E-state index in [-0.39, 0.29) is 4.90 Å². The molecule has 0 aliphatic rings. The molecule has 0 heterocycles. The van der Waals surface area contributed by atoms with Crippen molar-refractivity contribution in [1.29, 1.82) is 0 Å². The molecule has 0 amide bonds. The van der Waals surface area contributed by atoms with Gasteiger partial charge in [-0.3, -0.25) is 0 Å². The summed E-state index contributed by atoms with van der Waals surface area (Å²) < 4.78 is 31.7. The van der Waals surface area contributed by atoms with E-state index in [0.717, 1.165) is 18.1 Å². The predicted octanol–water partition coefficient (Wildman–Crippen LogP) is 5.31. The van der Waals surface area contributed by atoms with E-state index in [1.807, 2.05) is 6.07 Å². The van der Waals surface area contributed by atoms with E-state index in [1.54, 1.807) is 24.3 Å². The molecule has 0 aliphatic carbocycles. The van der Waals surface area contributed by atoms with E-state index in [9.17, 15) is 8.42 Å². The van der Waals surface area contributed by atoms with Gasteiger partial charge in [-0.05, 0) is 48.0 Å². The van der Waals surface area contributed by atoms with Crippen molar-refractivity contribution in [3.8, 4) is 0 Å². The largest absolute Gasteiger partial charge is 0.311 e. The molecule has 0 unspecified atom stereocenters. The molecule has 5 heteroatoms. The normalized spacial score (nSPS) is 13.3. The lowest BCUT2D eigenvalue weighted by atomic mass is 10.3. The van der Waals surface area contributed by atoms with Crippen LogP contribution in [-0.4, -0.2) is 16.7 Å². The van der Waals surface area contributed by atoms with E-state index in [2.05, 4.69) is 41.5 Å². The number of hydrogen-bond donors (Lipinski definition) is 0. The fourth-order valence-electron chi connectivity index (χ4n) is 3.45. The first-order chi connectivity index (χ1) is 10.6. The number of benzene rings is 1. The summed E-state index contributed by atoms with van der Waals surface area (Å²) in [4.78, 5) is 0.271. The molecule has 0 atom stereocenters. The van der Waals surface area contributed by atoms with E-state index in [1.165, 1.54) is 0 Å². The van der Waals surface area contributed by atoms with Crippen LogP contribution in [0.1, 0.15) is 41.5 Å². The summed E-state index contributed by atoms with van der Waals surface area (Å²) in [6.45, 7) is 12.9. The van der Waals surface area contributed by atoms with E-state index in [4.69, 9.17) is 3.87 Å². The molecule has 132 valence electrons. The van der Waals surface area contributed by atoms with Gasteiger partial charge in [-0.15, -0.1) is 0 Å². The molecule has 0 radical (unpaired) electrons. The summed E-state index contributed by atoms with van der Waals surface area (Å²) in [5.41, 5.74) is 0. The second-order valence-electron chi connectivity index (χ2n) is 7.83. The van der Waals surface area contributed by atoms with Gasteiger partial charge in [0, 0.05) is 0 Å². The highest BCUT2D eigenvalue weighted by Gasteiger charge is 2.42. The minimum absolute atomic E-state index is 0.271. The third-order valence-corrected chi connectivity index (χ3v) is 11.5. The molecule has 3 nitrogen and oxygen atoms in total. The Kier molecular flexibility index (Phi) is 7.49. The minimum atomic E-state index is -3.69. The molecule has 0 aliphatic heterocycles. The highest BCUT2D eigenvalue weighted by Crippen LogP contribution is 2.35. The van der Waals surface area contributed by atoms with E-state index < -0.39 is 18.4 Å². The SMILES string of the molecule is CC(C)C[Si](CC(C)C)(CC(C)C)OS(=O)(=O)c1ccccc1. The molecule has 1 aromatic carbocycles. The molecule has 0 bridgehead atoms. The van der Waals surface area contributed by atoms with Crippen LogP contribution < -0.4 is 0 Å². The Morgan fingerprint density at radius 1 is 0.826 bits per heavy atom. The van der Waals surface area contributed by atoms with Crippen LogP contribution in [0.3, 0.4) is 0 Å². The quantitative estimate of drug-likeness (QED) is 0.563. The first kappa shape index (κ1) is 20.4. The maximum atomic E-state index is 12.8. The highest BCUT2D eigenvalue weighted by molar-refractivity contribution is 7.87. The lowest BCUT2D eigenvalue weighted by molar-refractivity contribution is 0.447. The zero-order valence-corrected chi connectivity index (χ0v) is 17.2. The molecule has 0 aromatic heterocycles. The second kappa shape index (κ2) is 8.45. The van der Waals surface area contributed by atoms with Crippen molar-refractivity contribution >= 4 is 18.4 Å². The zero-order valence-electron chi connectivity index (χ0n) is 15.4. The average molecular weight is 357 g/mol. The molecule has 1 aromatic rings. The fraction of sp³-hybridized carbons (Fsp3) is 0.667. The van der Waals surface area contributed by atoms with Crippen molar-refractivity contribution in [1.82, 2.24) is 0 Å². The standard InChI is InChI=1S/C18H32O3SSi/c1-15(2)12-23(13-16(3)4,14-17(5)6)21-22(19,20)18-10-8-7-9-11-18/h7-11,15-17H,12-14H2,1-6H3. The lowest BCUT2D eigenvalue weighted by Gasteiger charge is -2.35. The van der Waals surface area contributed by atoms with Crippen molar-refractivity contribution in [3.63, 3.8) is 0 Å². The highest BCUT2D eigenvalue weighted by atomic mass is 32.2. The van der Waals surface area contributed by atoms with Crippen molar-refractivity contribution in [2.45, 2.75) is 64.6 Å². The van der Waals surface area contributed by atoms with Gasteiger partial charge in [0.2, 0.25) is 8.32 Å². The van der Waals surface area contributed by atoms with Gasteiger partial charge in [-0.1, -0.05) is 59.7 Å². The third kappa shape index (κ3) is 6.77. The Bertz CT molecular complexity index is 539. The molecule has 0 fully saturated rings. The Morgan fingerprint density at radius 2 is 1.22 bits per heavy atom. The first-order valence-corrected chi connectivity index (χ1v) is 12.5. The first-order valence-electron chi connectivity index (χ1n) is 8.57. The van der Waals surface area contributed by atoms with Crippen LogP contribution in [0.15, 0.2) is 35.2 Å². The molecule has 1 rings (SSSR count). The Morgan fingerprint density at radius 3 is 1.57 bits per heavy atom. The average Bonchev–Trinajstić information content (AvgIpc) is 2.35. The summed E-state index contributed by atoms with van der Waals surface area (Å²) in [5.74, 6) is 1.31. The Balaban J connectivity index is 3.21. The van der Waals surface area contributed by atoms with Crippen LogP contribution in [0.2, 0.25) is 18.1 Å². The van der Waals surface area contributed by atoms with Crippen LogP contribution in [0.4, 0.5) is 0 Å². The summed E-state index contributed by atoms with van der Waals surface area (Å²) in [7, 11) is -6.08. The van der Waals surface area contributed by atoms with Gasteiger partial charge in [0.1, 0.15) is 0 Å². The van der Waals surface area contributed by atoms with Crippen LogP contribution in [0.5, 0.6) is 0 Å². The van der Waals surface area contributed by atoms with Gasteiger partial charge in [-0.2, -0.15) is 8.42 Å². The maximum Gasteiger partial charge on any atom is 0.287 e. The summed E-state index contributed by atoms with van der Waals surface area (Å²) in [6, 6.07) is 11.2. The van der Waals surface area contributed by atoms with E-state index >= 15 is 0 Å². The number of hydrogen-bond acceptors (Lipinski definition) is 3. The zero-order chi connectivity index (χ0) is 17.7. The van der Waals surface area contributed by atoms with Crippen molar-refractivity contribution in [3.05, 3.63) is 30.3 Å². The van der Waals surface area contributed by atoms with Crippen molar-refractivity contribution in [2.75, 3.05) is 0 Å². The van der Waals surface area contributed by atoms with Gasteiger partial charge in [0.15, 0.2) is 0 Å². The van der Waals surface area contributed by atoms with Crippen LogP contribution in [0.25, 0.3) is 0 Å². The van der Waals surface area contributed by atoms with Crippen LogP contribution in [0, 0.1) is 17.8 Å². The van der Waals surface area contributed by atoms with Crippen molar-refractivity contribution < 1.29 is 12.3 Å². The summed E-state index contributed by atoms with van der Waals surface area (Å²) in [6.07, 6.45) is 0. The topological polar surface area (TPSA) is 43.4 Å². The van der Waals surface area contributed by atoms with Gasteiger partial charge < -0.3 is 3.87 Å². The molecule has 0 spiro atoms. The van der Waals surface area contributed by atoms with Crippen LogP contribution in [-0.2, 0) is 14.0 Å². The molecule has 23 heavy (non-hydrogen) atoms. The molecular formula is C18H32O3SSi.